The van der Waals surface area contributed by atoms with E-state index < -0.39 is 63.5 Å². The zero-order chi connectivity index (χ0) is 50.1. The van der Waals surface area contributed by atoms with E-state index in [-0.39, 0.29) is 52.2 Å². The first-order valence-corrected chi connectivity index (χ1v) is 25.2. The number of hydrogen-bond acceptors (Lipinski definition) is 12. The normalized spacial score (nSPS) is 16.7. The van der Waals surface area contributed by atoms with Gasteiger partial charge in [-0.3, -0.25) is 24.0 Å². The van der Waals surface area contributed by atoms with E-state index in [1.165, 1.54) is 30.5 Å². The molecule has 0 radical (unpaired) electrons. The van der Waals surface area contributed by atoms with Crippen LogP contribution in [0.15, 0.2) is 96.4 Å². The largest absolute Gasteiger partial charge is 0.492 e. The standard InChI is InChI=1S/C51H66N8O9S/c1-5-6-9-34-11-14-36(15-12-34)37-16-18-38(19-17-37)48(61)57-42(10-7-23-52)51(64)59(3)46-39-20-22-45(68-28-25-54)41(32-39)40-30-35(13-21-44(40)67-27-24-53)31-43(58-47(60)33(2)56-50(46)63)49(62)55-26-8-29-69(4,65)66/h8,11-22,29-30,32-33,42-43,46H,5-7,9-10,23-28,31,52-54H2,1-4H3,(H,55,62)(H,56,63)(H,57,61)(H,58,60). The zero-order valence-electron chi connectivity index (χ0n) is 39.8. The van der Waals surface area contributed by atoms with Crippen LogP contribution >= 0.6 is 0 Å². The summed E-state index contributed by atoms with van der Waals surface area (Å²) in [6.45, 7) is 4.32. The number of benzene rings is 4. The summed E-state index contributed by atoms with van der Waals surface area (Å²) in [4.78, 5) is 72.1. The van der Waals surface area contributed by atoms with Crippen LogP contribution in [-0.2, 0) is 41.9 Å². The topological polar surface area (TPSA) is 267 Å². The van der Waals surface area contributed by atoms with Crippen LogP contribution in [0.25, 0.3) is 22.3 Å². The van der Waals surface area contributed by atoms with Crippen molar-refractivity contribution in [2.45, 2.75) is 76.5 Å². The average Bonchev–Trinajstić information content (AvgIpc) is 3.34. The van der Waals surface area contributed by atoms with Crippen molar-refractivity contribution in [2.24, 2.45) is 17.2 Å². The molecule has 4 aromatic rings. The number of nitrogens with two attached hydrogens (primary N) is 3. The van der Waals surface area contributed by atoms with Crippen LogP contribution in [0.2, 0.25) is 0 Å². The minimum Gasteiger partial charge on any atom is -0.492 e. The van der Waals surface area contributed by atoms with Gasteiger partial charge >= 0.3 is 0 Å². The third-order valence-corrected chi connectivity index (χ3v) is 12.2. The molecule has 69 heavy (non-hydrogen) atoms. The monoisotopic (exact) mass is 966 g/mol. The maximum Gasteiger partial charge on any atom is 0.251 e. The van der Waals surface area contributed by atoms with Gasteiger partial charge in [-0.15, -0.1) is 0 Å². The molecule has 5 rings (SSSR count). The Balaban J connectivity index is 1.53. The number of sulfone groups is 1. The summed E-state index contributed by atoms with van der Waals surface area (Å²) >= 11 is 0. The van der Waals surface area contributed by atoms with Crippen molar-refractivity contribution < 1.29 is 41.9 Å². The van der Waals surface area contributed by atoms with Crippen LogP contribution in [0.3, 0.4) is 0 Å². The summed E-state index contributed by atoms with van der Waals surface area (Å²) in [5.74, 6) is -2.42. The van der Waals surface area contributed by atoms with E-state index in [0.717, 1.165) is 42.1 Å². The number of rotatable bonds is 21. The number of nitrogens with one attached hydrogen (secondary N) is 4. The smallest absolute Gasteiger partial charge is 0.251 e. The Labute approximate surface area is 404 Å². The molecule has 0 saturated heterocycles. The number of likely N-dealkylation sites (N-methyl/N-ethyl adjacent to an activating group) is 1. The first-order valence-electron chi connectivity index (χ1n) is 23.2. The number of carbonyl (C=O) groups is 5. The number of fused-ring (bicyclic) bond motifs is 5. The highest BCUT2D eigenvalue weighted by atomic mass is 32.2. The lowest BCUT2D eigenvalue weighted by Gasteiger charge is -2.32. The van der Waals surface area contributed by atoms with E-state index in [4.69, 9.17) is 26.7 Å². The van der Waals surface area contributed by atoms with Gasteiger partial charge in [0.25, 0.3) is 5.91 Å². The van der Waals surface area contributed by atoms with Gasteiger partial charge in [-0.05, 0) is 103 Å². The van der Waals surface area contributed by atoms with Gasteiger partial charge in [0, 0.05) is 61.5 Å². The highest BCUT2D eigenvalue weighted by molar-refractivity contribution is 7.93. The summed E-state index contributed by atoms with van der Waals surface area (Å²) in [5, 5.41) is 12.0. The molecule has 10 N–H and O–H groups in total. The average molecular weight is 967 g/mol. The van der Waals surface area contributed by atoms with Crippen LogP contribution in [0.4, 0.5) is 0 Å². The van der Waals surface area contributed by atoms with E-state index in [1.807, 2.05) is 12.1 Å². The van der Waals surface area contributed by atoms with Crippen LogP contribution in [0.1, 0.15) is 72.6 Å². The number of unbranched alkanes of at least 4 members (excludes halogenated alkanes) is 1. The summed E-state index contributed by atoms with van der Waals surface area (Å²) in [6.07, 6.45) is 6.03. The lowest BCUT2D eigenvalue weighted by molar-refractivity contribution is -0.141. The summed E-state index contributed by atoms with van der Waals surface area (Å²) in [5.41, 5.74) is 23.0. The predicted octanol–water partition coefficient (Wildman–Crippen LogP) is 3.30. The van der Waals surface area contributed by atoms with Gasteiger partial charge < -0.3 is 52.8 Å². The first kappa shape index (κ1) is 53.4. The number of amides is 5. The lowest BCUT2D eigenvalue weighted by Crippen LogP contribution is -2.56. The molecular weight excluding hydrogens is 901 g/mol. The van der Waals surface area contributed by atoms with Gasteiger partial charge in [0.2, 0.25) is 23.6 Å². The van der Waals surface area contributed by atoms with E-state index in [9.17, 15) is 32.4 Å². The quantitative estimate of drug-likeness (QED) is 0.0635. The van der Waals surface area contributed by atoms with Crippen molar-refractivity contribution in [3.05, 3.63) is 119 Å². The molecule has 0 aromatic heterocycles. The third-order valence-electron chi connectivity index (χ3n) is 11.5. The third kappa shape index (κ3) is 15.2. The van der Waals surface area contributed by atoms with Crippen molar-refractivity contribution in [2.75, 3.05) is 52.7 Å². The Morgan fingerprint density at radius 3 is 2.06 bits per heavy atom. The van der Waals surface area contributed by atoms with Crippen LogP contribution in [0.5, 0.6) is 11.5 Å². The molecule has 1 aliphatic heterocycles. The maximum absolute atomic E-state index is 14.8. The fourth-order valence-corrected chi connectivity index (χ4v) is 8.29. The SMILES string of the molecule is CCCCc1ccc(-c2ccc(C(=O)NC(CCCN)C(=O)N(C)C3C(=O)NC(C)C(=O)NC(C(=O)NCC=CS(C)(=O)=O)Cc4ccc(OCCN)c(c4)-c4cc3ccc4OCCN)cc2)cc1. The molecule has 4 aromatic carbocycles. The van der Waals surface area contributed by atoms with E-state index in [1.54, 1.807) is 48.5 Å². The summed E-state index contributed by atoms with van der Waals surface area (Å²) < 4.78 is 35.6. The van der Waals surface area contributed by atoms with Gasteiger partial charge in [0.05, 0.1) is 0 Å². The van der Waals surface area contributed by atoms with Crippen molar-refractivity contribution in [1.29, 1.82) is 0 Å². The minimum absolute atomic E-state index is 0.0240. The van der Waals surface area contributed by atoms with Crippen LogP contribution in [-0.4, -0.2) is 114 Å². The number of aryl methyl sites for hydroxylation is 1. The van der Waals surface area contributed by atoms with Gasteiger partial charge in [-0.2, -0.15) is 0 Å². The predicted molar refractivity (Wildman–Crippen MR) is 267 cm³/mol. The Kier molecular flexibility index (Phi) is 19.9. The van der Waals surface area contributed by atoms with Crippen LogP contribution in [0, 0.1) is 0 Å². The fourth-order valence-electron chi connectivity index (χ4n) is 7.84. The van der Waals surface area contributed by atoms with E-state index >= 15 is 0 Å². The minimum atomic E-state index is -3.46. The van der Waals surface area contributed by atoms with Crippen molar-refractivity contribution in [3.8, 4) is 33.8 Å². The maximum atomic E-state index is 14.8. The molecule has 4 bridgehead atoms. The van der Waals surface area contributed by atoms with Gasteiger partial charge in [-0.25, -0.2) is 8.42 Å². The fraction of sp³-hybridized carbons (Fsp3) is 0.392. The molecule has 1 aliphatic rings. The number of hydrogen-bond donors (Lipinski definition) is 7. The lowest BCUT2D eigenvalue weighted by atomic mass is 9.93. The molecule has 0 aliphatic carbocycles. The van der Waals surface area contributed by atoms with Gasteiger partial charge in [-0.1, -0.05) is 68.0 Å². The van der Waals surface area contributed by atoms with E-state index in [2.05, 4.69) is 52.5 Å². The molecule has 5 amide bonds. The van der Waals surface area contributed by atoms with Crippen molar-refractivity contribution in [3.63, 3.8) is 0 Å². The first-order chi connectivity index (χ1) is 33.1. The molecule has 0 spiro atoms. The summed E-state index contributed by atoms with van der Waals surface area (Å²) in [6, 6.07) is 20.7. The molecule has 0 saturated carbocycles. The highest BCUT2D eigenvalue weighted by Gasteiger charge is 2.36. The number of nitrogens with zero attached hydrogens (tertiary/aromatic N) is 1. The van der Waals surface area contributed by atoms with Crippen LogP contribution < -0.4 is 47.9 Å². The zero-order valence-corrected chi connectivity index (χ0v) is 40.6. The Bertz CT molecular complexity index is 2550. The van der Waals surface area contributed by atoms with Gasteiger partial charge in [0.15, 0.2) is 9.84 Å². The highest BCUT2D eigenvalue weighted by Crippen LogP contribution is 2.40. The van der Waals surface area contributed by atoms with E-state index in [0.29, 0.717) is 45.7 Å². The van der Waals surface area contributed by atoms with Crippen molar-refractivity contribution >= 4 is 39.4 Å². The number of ether oxygens (including phenoxy) is 2. The molecule has 370 valence electrons. The second-order valence-corrected chi connectivity index (χ2v) is 18.9. The molecule has 18 heteroatoms. The van der Waals surface area contributed by atoms with Crippen molar-refractivity contribution in [1.82, 2.24) is 26.2 Å². The molecule has 4 unspecified atom stereocenters. The molecular formula is C51H66N8O9S. The van der Waals surface area contributed by atoms with Gasteiger partial charge in [0.1, 0.15) is 48.9 Å². The molecule has 4 atom stereocenters. The molecule has 17 nitrogen and oxygen atoms in total. The Morgan fingerprint density at radius 1 is 0.826 bits per heavy atom. The summed E-state index contributed by atoms with van der Waals surface area (Å²) in [7, 11) is -2.02. The Morgan fingerprint density at radius 2 is 1.45 bits per heavy atom. The number of carbonyl (C=O) groups excluding carboxylic acids is 5. The Hall–Kier alpha value is -6.60. The second kappa shape index (κ2) is 25.7. The second-order valence-electron chi connectivity index (χ2n) is 17.0. The molecule has 0 fully saturated rings. The molecule has 1 heterocycles.